The Balaban J connectivity index is 0.00000324. The Morgan fingerprint density at radius 1 is 0.882 bits per heavy atom. The molecule has 2 aromatic carbocycles. The minimum atomic E-state index is 0. The number of aliphatic imine (C=N–C) groups is 1. The highest BCUT2D eigenvalue weighted by Crippen LogP contribution is 2.16. The van der Waals surface area contributed by atoms with E-state index in [1.54, 1.807) is 7.05 Å². The molecule has 0 atom stereocenters. The number of benzene rings is 2. The number of hydrogen-bond donors (Lipinski definition) is 3. The second-order valence-electron chi connectivity index (χ2n) is 8.87. The lowest BCUT2D eigenvalue weighted by atomic mass is 10.1. The van der Waals surface area contributed by atoms with Gasteiger partial charge in [-0.25, -0.2) is 0 Å². The number of carbonyl (C=O) groups is 1. The zero-order chi connectivity index (χ0) is 22.9. The van der Waals surface area contributed by atoms with Crippen LogP contribution in [-0.4, -0.2) is 56.5 Å². The molecule has 0 aromatic heterocycles. The Morgan fingerprint density at radius 2 is 1.47 bits per heavy atom. The van der Waals surface area contributed by atoms with Crippen LogP contribution in [0.5, 0.6) is 0 Å². The van der Waals surface area contributed by atoms with Crippen molar-refractivity contribution in [2.24, 2.45) is 4.99 Å². The summed E-state index contributed by atoms with van der Waals surface area (Å²) in [5, 5.41) is 9.65. The number of rotatable bonds is 7. The van der Waals surface area contributed by atoms with E-state index in [0.29, 0.717) is 19.6 Å². The van der Waals surface area contributed by atoms with Crippen molar-refractivity contribution < 1.29 is 4.79 Å². The van der Waals surface area contributed by atoms with Gasteiger partial charge in [-0.1, -0.05) is 42.8 Å². The summed E-state index contributed by atoms with van der Waals surface area (Å²) in [5.74, 6) is 0.864. The molecular formula is C26H37IN6O. The standard InChI is InChI=1S/C26H36N6O.HI/c1-27-26(29-17-21-5-7-23(8-6-21)19-31-14-3-2-4-15-31)30-18-22-9-11-24(12-10-22)32-16-13-28-25(33)20-32;/h5-12H,2-4,13-20H2,1H3,(H,28,33)(H2,27,29,30);1H. The van der Waals surface area contributed by atoms with Crippen LogP contribution in [0.15, 0.2) is 53.5 Å². The van der Waals surface area contributed by atoms with Gasteiger partial charge in [0.2, 0.25) is 5.91 Å². The molecule has 1 amide bonds. The molecule has 2 aliphatic rings. The molecule has 34 heavy (non-hydrogen) atoms. The molecule has 0 aliphatic carbocycles. The third-order valence-corrected chi connectivity index (χ3v) is 6.36. The monoisotopic (exact) mass is 576 g/mol. The summed E-state index contributed by atoms with van der Waals surface area (Å²) in [6, 6.07) is 17.3. The highest BCUT2D eigenvalue weighted by molar-refractivity contribution is 14.0. The second-order valence-corrected chi connectivity index (χ2v) is 8.87. The van der Waals surface area contributed by atoms with Crippen LogP contribution < -0.4 is 20.9 Å². The van der Waals surface area contributed by atoms with Gasteiger partial charge in [0.05, 0.1) is 6.54 Å². The number of anilines is 1. The van der Waals surface area contributed by atoms with Crippen molar-refractivity contribution >= 4 is 41.5 Å². The fourth-order valence-corrected chi connectivity index (χ4v) is 4.41. The second kappa shape index (κ2) is 13.5. The van der Waals surface area contributed by atoms with E-state index in [0.717, 1.165) is 31.3 Å². The van der Waals surface area contributed by atoms with E-state index in [9.17, 15) is 4.79 Å². The summed E-state index contributed by atoms with van der Waals surface area (Å²) in [6.45, 7) is 6.90. The number of nitrogens with one attached hydrogen (secondary N) is 3. The van der Waals surface area contributed by atoms with Gasteiger partial charge in [0.25, 0.3) is 0 Å². The highest BCUT2D eigenvalue weighted by atomic mass is 127. The van der Waals surface area contributed by atoms with Gasteiger partial charge in [-0.15, -0.1) is 24.0 Å². The first-order chi connectivity index (χ1) is 16.2. The summed E-state index contributed by atoms with van der Waals surface area (Å²) in [4.78, 5) is 20.6. The lowest BCUT2D eigenvalue weighted by molar-refractivity contribution is -0.120. The average Bonchev–Trinajstić information content (AvgIpc) is 2.86. The van der Waals surface area contributed by atoms with E-state index in [4.69, 9.17) is 0 Å². The first-order valence-electron chi connectivity index (χ1n) is 12.0. The van der Waals surface area contributed by atoms with Crippen molar-refractivity contribution in [3.05, 3.63) is 65.2 Å². The first kappa shape index (κ1) is 26.3. The molecule has 3 N–H and O–H groups in total. The number of carbonyl (C=O) groups excluding carboxylic acids is 1. The van der Waals surface area contributed by atoms with Crippen LogP contribution >= 0.6 is 24.0 Å². The molecule has 7 nitrogen and oxygen atoms in total. The molecule has 2 heterocycles. The van der Waals surface area contributed by atoms with Crippen molar-refractivity contribution in [3.63, 3.8) is 0 Å². The Hall–Kier alpha value is -2.33. The van der Waals surface area contributed by atoms with Gasteiger partial charge < -0.3 is 20.9 Å². The molecule has 2 aromatic rings. The molecular weight excluding hydrogens is 539 g/mol. The predicted octanol–water partition coefficient (Wildman–Crippen LogP) is 3.09. The van der Waals surface area contributed by atoms with E-state index < -0.39 is 0 Å². The molecule has 0 saturated carbocycles. The third kappa shape index (κ3) is 7.87. The van der Waals surface area contributed by atoms with Gasteiger partial charge in [0.1, 0.15) is 0 Å². The van der Waals surface area contributed by atoms with Gasteiger partial charge in [0, 0.05) is 45.5 Å². The van der Waals surface area contributed by atoms with Gasteiger partial charge in [-0.3, -0.25) is 14.7 Å². The van der Waals surface area contributed by atoms with Crippen molar-refractivity contribution in [3.8, 4) is 0 Å². The van der Waals surface area contributed by atoms with Crippen LogP contribution in [0.25, 0.3) is 0 Å². The van der Waals surface area contributed by atoms with E-state index >= 15 is 0 Å². The van der Waals surface area contributed by atoms with Crippen molar-refractivity contribution in [2.75, 3.05) is 44.7 Å². The number of piperazine rings is 1. The van der Waals surface area contributed by atoms with Crippen LogP contribution in [0.2, 0.25) is 0 Å². The smallest absolute Gasteiger partial charge is 0.239 e. The zero-order valence-corrected chi connectivity index (χ0v) is 22.4. The van der Waals surface area contributed by atoms with Crippen molar-refractivity contribution in [1.82, 2.24) is 20.9 Å². The Labute approximate surface area is 220 Å². The zero-order valence-electron chi connectivity index (χ0n) is 20.1. The molecule has 2 aliphatic heterocycles. The maximum Gasteiger partial charge on any atom is 0.239 e. The number of halogens is 1. The van der Waals surface area contributed by atoms with Crippen LogP contribution in [-0.2, 0) is 24.4 Å². The van der Waals surface area contributed by atoms with E-state index in [1.807, 2.05) is 0 Å². The molecule has 0 spiro atoms. The normalized spacial score (nSPS) is 17.0. The fourth-order valence-electron chi connectivity index (χ4n) is 4.41. The Kier molecular flexibility index (Phi) is 10.5. The molecule has 2 fully saturated rings. The molecule has 0 unspecified atom stereocenters. The lowest BCUT2D eigenvalue weighted by Crippen LogP contribution is -2.47. The molecule has 0 bridgehead atoms. The molecule has 4 rings (SSSR count). The third-order valence-electron chi connectivity index (χ3n) is 6.36. The largest absolute Gasteiger partial charge is 0.360 e. The summed E-state index contributed by atoms with van der Waals surface area (Å²) in [7, 11) is 1.79. The topological polar surface area (TPSA) is 72.0 Å². The number of piperidine rings is 1. The van der Waals surface area contributed by atoms with Crippen molar-refractivity contribution in [2.45, 2.75) is 38.9 Å². The molecule has 0 radical (unpaired) electrons. The van der Waals surface area contributed by atoms with Crippen LogP contribution in [0, 0.1) is 0 Å². The van der Waals surface area contributed by atoms with E-state index in [2.05, 4.69) is 79.3 Å². The van der Waals surface area contributed by atoms with Crippen molar-refractivity contribution in [1.29, 1.82) is 0 Å². The number of nitrogens with zero attached hydrogens (tertiary/aromatic N) is 3. The maximum atomic E-state index is 11.6. The first-order valence-corrected chi connectivity index (χ1v) is 12.0. The SMILES string of the molecule is CN=C(NCc1ccc(CN2CCCCC2)cc1)NCc1ccc(N2CCNC(=O)C2)cc1.I. The Morgan fingerprint density at radius 3 is 2.06 bits per heavy atom. The lowest BCUT2D eigenvalue weighted by Gasteiger charge is -2.28. The summed E-state index contributed by atoms with van der Waals surface area (Å²) in [5.41, 5.74) is 4.89. The molecule has 2 saturated heterocycles. The minimum absolute atomic E-state index is 0. The summed E-state index contributed by atoms with van der Waals surface area (Å²) in [6.07, 6.45) is 4.03. The quantitative estimate of drug-likeness (QED) is 0.269. The van der Waals surface area contributed by atoms with Crippen LogP contribution in [0.4, 0.5) is 5.69 Å². The van der Waals surface area contributed by atoms with E-state index in [-0.39, 0.29) is 29.9 Å². The average molecular weight is 577 g/mol. The number of likely N-dealkylation sites (tertiary alicyclic amines) is 1. The van der Waals surface area contributed by atoms with E-state index in [1.165, 1.54) is 49.0 Å². The number of hydrogen-bond acceptors (Lipinski definition) is 4. The highest BCUT2D eigenvalue weighted by Gasteiger charge is 2.16. The van der Waals surface area contributed by atoms with Gasteiger partial charge in [0.15, 0.2) is 5.96 Å². The predicted molar refractivity (Wildman–Crippen MR) is 150 cm³/mol. The van der Waals surface area contributed by atoms with Crippen LogP contribution in [0.3, 0.4) is 0 Å². The minimum Gasteiger partial charge on any atom is -0.360 e. The molecule has 184 valence electrons. The maximum absolute atomic E-state index is 11.6. The van der Waals surface area contributed by atoms with Gasteiger partial charge >= 0.3 is 0 Å². The molecule has 8 heteroatoms. The van der Waals surface area contributed by atoms with Crippen LogP contribution in [0.1, 0.15) is 36.0 Å². The summed E-state index contributed by atoms with van der Waals surface area (Å²) < 4.78 is 0. The number of guanidine groups is 1. The number of amides is 1. The summed E-state index contributed by atoms with van der Waals surface area (Å²) >= 11 is 0. The Bertz CT molecular complexity index is 925. The fraction of sp³-hybridized carbons (Fsp3) is 0.462. The van der Waals surface area contributed by atoms with Gasteiger partial charge in [-0.2, -0.15) is 0 Å². The van der Waals surface area contributed by atoms with Gasteiger partial charge in [-0.05, 0) is 54.8 Å².